The molecule has 0 atom stereocenters. The number of thioether (sulfide) groups is 1. The van der Waals surface area contributed by atoms with Gasteiger partial charge in [-0.1, -0.05) is 16.8 Å². The summed E-state index contributed by atoms with van der Waals surface area (Å²) in [6, 6.07) is 7.77. The Hall–Kier alpha value is -1.53. The highest BCUT2D eigenvalue weighted by Gasteiger charge is 2.05. The van der Waals surface area contributed by atoms with E-state index in [1.54, 1.807) is 36.7 Å². The van der Waals surface area contributed by atoms with E-state index in [-0.39, 0.29) is 36.4 Å². The van der Waals surface area contributed by atoms with Crippen molar-refractivity contribution in [2.45, 2.75) is 17.9 Å². The first-order valence-corrected chi connectivity index (χ1v) is 10.4. The molecule has 0 fully saturated rings. The zero-order valence-corrected chi connectivity index (χ0v) is 20.4. The molecule has 1 amide bonds. The van der Waals surface area contributed by atoms with Gasteiger partial charge in [-0.15, -0.1) is 40.8 Å². The van der Waals surface area contributed by atoms with Crippen LogP contribution in [0, 0.1) is 0 Å². The number of aryl methyl sites for hydroxylation is 1. The molecule has 2 N–H and O–H groups in total. The number of nitrogens with one attached hydrogen (secondary N) is 2. The third kappa shape index (κ3) is 10.7. The molecule has 0 aliphatic heterocycles. The summed E-state index contributed by atoms with van der Waals surface area (Å²) in [5.41, 5.74) is 0. The van der Waals surface area contributed by atoms with Crippen molar-refractivity contribution >= 4 is 59.2 Å². The van der Waals surface area contributed by atoms with Crippen LogP contribution in [0.2, 0.25) is 5.02 Å². The molecule has 0 bridgehead atoms. The molecule has 29 heavy (non-hydrogen) atoms. The molecule has 0 spiro atoms. The Balaban J connectivity index is 0.00000420. The Morgan fingerprint density at radius 3 is 2.62 bits per heavy atom. The van der Waals surface area contributed by atoms with Crippen molar-refractivity contribution in [3.05, 3.63) is 41.7 Å². The maximum Gasteiger partial charge on any atom is 0.243 e. The van der Waals surface area contributed by atoms with E-state index in [0.29, 0.717) is 12.5 Å². The second kappa shape index (κ2) is 14.5. The van der Waals surface area contributed by atoms with Crippen LogP contribution in [-0.4, -0.2) is 71.2 Å². The summed E-state index contributed by atoms with van der Waals surface area (Å²) in [6.07, 6.45) is 4.36. The average Bonchev–Trinajstić information content (AvgIpc) is 3.20. The SMILES string of the molecule is CN(C)C(=O)CN=C(NCCCn1ccnn1)NCCSc1ccc(Cl)cc1.I. The molecule has 8 nitrogen and oxygen atoms in total. The highest BCUT2D eigenvalue weighted by molar-refractivity contribution is 14.0. The van der Waals surface area contributed by atoms with E-state index in [2.05, 4.69) is 25.9 Å². The second-order valence-electron chi connectivity index (χ2n) is 6.13. The predicted molar refractivity (Wildman–Crippen MR) is 129 cm³/mol. The molecule has 0 radical (unpaired) electrons. The average molecular weight is 552 g/mol. The smallest absolute Gasteiger partial charge is 0.243 e. The third-order valence-corrected chi connectivity index (χ3v) is 4.94. The maximum atomic E-state index is 11.8. The first kappa shape index (κ1) is 25.5. The van der Waals surface area contributed by atoms with Crippen LogP contribution >= 0.6 is 47.3 Å². The Morgan fingerprint density at radius 1 is 1.24 bits per heavy atom. The van der Waals surface area contributed by atoms with E-state index in [1.165, 1.54) is 4.90 Å². The van der Waals surface area contributed by atoms with Gasteiger partial charge in [0.1, 0.15) is 6.54 Å². The fraction of sp³-hybridized carbons (Fsp3) is 0.444. The summed E-state index contributed by atoms with van der Waals surface area (Å²) in [5.74, 6) is 1.45. The third-order valence-electron chi connectivity index (χ3n) is 3.68. The molecule has 1 heterocycles. The minimum atomic E-state index is -0.0424. The first-order chi connectivity index (χ1) is 13.5. The number of carbonyl (C=O) groups excluding carboxylic acids is 1. The van der Waals surface area contributed by atoms with Crippen LogP contribution in [-0.2, 0) is 11.3 Å². The molecule has 0 aliphatic carbocycles. The summed E-state index contributed by atoms with van der Waals surface area (Å²) >= 11 is 7.63. The van der Waals surface area contributed by atoms with Crippen molar-refractivity contribution < 1.29 is 4.79 Å². The van der Waals surface area contributed by atoms with E-state index in [1.807, 2.05) is 30.5 Å². The number of benzene rings is 1. The molecule has 2 rings (SSSR count). The summed E-state index contributed by atoms with van der Waals surface area (Å²) in [4.78, 5) is 18.9. The monoisotopic (exact) mass is 551 g/mol. The molecule has 11 heteroatoms. The van der Waals surface area contributed by atoms with Crippen molar-refractivity contribution in [2.24, 2.45) is 4.99 Å². The van der Waals surface area contributed by atoms with Gasteiger partial charge in [0.05, 0.1) is 6.20 Å². The fourth-order valence-corrected chi connectivity index (χ4v) is 3.03. The second-order valence-corrected chi connectivity index (χ2v) is 7.73. The number of hydrogen-bond donors (Lipinski definition) is 2. The summed E-state index contributed by atoms with van der Waals surface area (Å²) in [5, 5.41) is 15.0. The molecule has 2 aromatic rings. The molecular formula is C18H27ClIN7OS. The number of carbonyl (C=O) groups is 1. The van der Waals surface area contributed by atoms with Gasteiger partial charge in [-0.3, -0.25) is 9.48 Å². The molecule has 0 saturated heterocycles. The lowest BCUT2D eigenvalue weighted by molar-refractivity contribution is -0.127. The molecule has 1 aromatic carbocycles. The number of aliphatic imine (C=N–C) groups is 1. The highest BCUT2D eigenvalue weighted by atomic mass is 127. The number of hydrogen-bond acceptors (Lipinski definition) is 5. The maximum absolute atomic E-state index is 11.8. The number of rotatable bonds is 10. The molecule has 160 valence electrons. The first-order valence-electron chi connectivity index (χ1n) is 8.99. The van der Waals surface area contributed by atoms with Gasteiger partial charge in [0.2, 0.25) is 5.91 Å². The number of guanidine groups is 1. The lowest BCUT2D eigenvalue weighted by Crippen LogP contribution is -2.40. The van der Waals surface area contributed by atoms with Crippen molar-refractivity contribution in [3.63, 3.8) is 0 Å². The van der Waals surface area contributed by atoms with Gasteiger partial charge >= 0.3 is 0 Å². The number of nitrogens with zero attached hydrogens (tertiary/aromatic N) is 5. The number of likely N-dealkylation sites (N-methyl/N-ethyl adjacent to an activating group) is 1. The summed E-state index contributed by atoms with van der Waals surface area (Å²) in [6.45, 7) is 2.31. The quantitative estimate of drug-likeness (QED) is 0.155. The molecular weight excluding hydrogens is 525 g/mol. The van der Waals surface area contributed by atoms with Gasteiger partial charge in [-0.05, 0) is 30.7 Å². The van der Waals surface area contributed by atoms with Gasteiger partial charge in [0.15, 0.2) is 5.96 Å². The fourth-order valence-electron chi connectivity index (χ4n) is 2.13. The Morgan fingerprint density at radius 2 is 1.97 bits per heavy atom. The van der Waals surface area contributed by atoms with E-state index in [0.717, 1.165) is 35.2 Å². The summed E-state index contributed by atoms with van der Waals surface area (Å²) in [7, 11) is 3.44. The lowest BCUT2D eigenvalue weighted by atomic mass is 10.4. The number of amides is 1. The van der Waals surface area contributed by atoms with Gasteiger partial charge in [-0.25, -0.2) is 4.99 Å². The normalized spacial score (nSPS) is 10.9. The Labute approximate surface area is 197 Å². The van der Waals surface area contributed by atoms with E-state index < -0.39 is 0 Å². The highest BCUT2D eigenvalue weighted by Crippen LogP contribution is 2.19. The Kier molecular flexibility index (Phi) is 12.7. The predicted octanol–water partition coefficient (Wildman–Crippen LogP) is 2.36. The van der Waals surface area contributed by atoms with Crippen LogP contribution < -0.4 is 10.6 Å². The summed E-state index contributed by atoms with van der Waals surface area (Å²) < 4.78 is 1.78. The van der Waals surface area contributed by atoms with Crippen LogP contribution in [0.5, 0.6) is 0 Å². The van der Waals surface area contributed by atoms with Gasteiger partial charge in [0, 0.05) is 55.6 Å². The molecule has 0 saturated carbocycles. The van der Waals surface area contributed by atoms with Crippen molar-refractivity contribution in [1.29, 1.82) is 0 Å². The molecule has 0 unspecified atom stereocenters. The van der Waals surface area contributed by atoms with E-state index in [4.69, 9.17) is 11.6 Å². The zero-order valence-electron chi connectivity index (χ0n) is 16.5. The van der Waals surface area contributed by atoms with Crippen LogP contribution in [0.3, 0.4) is 0 Å². The van der Waals surface area contributed by atoms with Crippen molar-refractivity contribution in [3.8, 4) is 0 Å². The van der Waals surface area contributed by atoms with Crippen LogP contribution in [0.1, 0.15) is 6.42 Å². The van der Waals surface area contributed by atoms with E-state index >= 15 is 0 Å². The van der Waals surface area contributed by atoms with Crippen molar-refractivity contribution in [1.82, 2.24) is 30.5 Å². The standard InChI is InChI=1S/C18H26ClN7OS.HI/c1-25(2)17(27)14-22-18(20-8-3-11-26-12-9-23-24-26)21-10-13-28-16-6-4-15(19)5-7-16;/h4-7,9,12H,3,8,10-11,13-14H2,1-2H3,(H2,20,21,22);1H. The van der Waals surface area contributed by atoms with Gasteiger partial charge in [-0.2, -0.15) is 0 Å². The lowest BCUT2D eigenvalue weighted by Gasteiger charge is -2.14. The van der Waals surface area contributed by atoms with Crippen LogP contribution in [0.4, 0.5) is 0 Å². The molecule has 0 aliphatic rings. The molecule has 1 aromatic heterocycles. The topological polar surface area (TPSA) is 87.4 Å². The minimum absolute atomic E-state index is 0. The van der Waals surface area contributed by atoms with Crippen LogP contribution in [0.25, 0.3) is 0 Å². The number of aromatic nitrogens is 3. The minimum Gasteiger partial charge on any atom is -0.356 e. The Bertz CT molecular complexity index is 741. The van der Waals surface area contributed by atoms with E-state index in [9.17, 15) is 4.79 Å². The van der Waals surface area contributed by atoms with Gasteiger partial charge < -0.3 is 15.5 Å². The van der Waals surface area contributed by atoms with Crippen molar-refractivity contribution in [2.75, 3.05) is 39.5 Å². The van der Waals surface area contributed by atoms with Crippen LogP contribution in [0.15, 0.2) is 46.5 Å². The zero-order chi connectivity index (χ0) is 20.2. The number of halogens is 2. The van der Waals surface area contributed by atoms with Gasteiger partial charge in [0.25, 0.3) is 0 Å². The largest absolute Gasteiger partial charge is 0.356 e.